The van der Waals surface area contributed by atoms with Crippen LogP contribution in [0.15, 0.2) is 83.9 Å². The molecule has 29 heavy (non-hydrogen) atoms. The number of thioether (sulfide) groups is 1. The Kier molecular flexibility index (Phi) is 6.86. The lowest BCUT2D eigenvalue weighted by molar-refractivity contribution is -0.147. The van der Waals surface area contributed by atoms with Crippen LogP contribution in [0.4, 0.5) is 0 Å². The number of benzene rings is 2. The third-order valence-corrected chi connectivity index (χ3v) is 5.33. The third-order valence-electron chi connectivity index (χ3n) is 4.09. The Balaban J connectivity index is 1.63. The zero-order valence-electron chi connectivity index (χ0n) is 15.8. The predicted octanol–water partition coefficient (Wildman–Crippen LogP) is 3.36. The summed E-state index contributed by atoms with van der Waals surface area (Å²) in [4.78, 5) is 37.8. The van der Waals surface area contributed by atoms with Gasteiger partial charge in [-0.05, 0) is 29.8 Å². The molecule has 0 aliphatic heterocycles. The molecule has 0 unspecified atom stereocenters. The van der Waals surface area contributed by atoms with Crippen molar-refractivity contribution in [3.8, 4) is 0 Å². The highest BCUT2D eigenvalue weighted by Crippen LogP contribution is 2.36. The normalized spacial score (nSPS) is 11.5. The maximum atomic E-state index is 12.7. The highest BCUT2D eigenvalue weighted by atomic mass is 32.2. The van der Waals surface area contributed by atoms with Crippen LogP contribution in [0.3, 0.4) is 0 Å². The Hall–Kier alpha value is -3.32. The smallest absolute Gasteiger partial charge is 0.324 e. The monoisotopic (exact) mass is 408 g/mol. The number of amides is 2. The molecule has 0 fully saturated rings. The molecule has 0 saturated heterocycles. The molecular formula is C22H20N2O4S. The molecule has 1 N–H and O–H groups in total. The number of rotatable bonds is 7. The molecular weight excluding hydrogens is 388 g/mol. The van der Waals surface area contributed by atoms with Crippen LogP contribution in [0.25, 0.3) is 0 Å². The third kappa shape index (κ3) is 5.58. The lowest BCUT2D eigenvalue weighted by Crippen LogP contribution is -2.35. The number of ether oxygens (including phenoxy) is 1. The molecule has 0 spiro atoms. The summed E-state index contributed by atoms with van der Waals surface area (Å²) in [7, 11) is 1.70. The van der Waals surface area contributed by atoms with E-state index in [1.54, 1.807) is 29.9 Å². The largest absolute Gasteiger partial charge is 0.454 e. The summed E-state index contributed by atoms with van der Waals surface area (Å²) in [6.45, 7) is -0.534. The van der Waals surface area contributed by atoms with Gasteiger partial charge in [0.25, 0.3) is 11.8 Å². The summed E-state index contributed by atoms with van der Waals surface area (Å²) < 4.78 is 6.80. The maximum Gasteiger partial charge on any atom is 0.324 e. The highest BCUT2D eigenvalue weighted by molar-refractivity contribution is 8.00. The zero-order chi connectivity index (χ0) is 20.6. The molecule has 1 aromatic heterocycles. The van der Waals surface area contributed by atoms with Crippen LogP contribution in [0.5, 0.6) is 0 Å². The first-order valence-corrected chi connectivity index (χ1v) is 9.81. The van der Waals surface area contributed by atoms with Gasteiger partial charge < -0.3 is 9.30 Å². The Bertz CT molecular complexity index is 986. The van der Waals surface area contributed by atoms with Crippen LogP contribution in [0.1, 0.15) is 21.3 Å². The molecule has 3 aromatic rings. The van der Waals surface area contributed by atoms with E-state index in [9.17, 15) is 14.4 Å². The van der Waals surface area contributed by atoms with Crippen LogP contribution in [0, 0.1) is 0 Å². The number of aromatic nitrogens is 1. The van der Waals surface area contributed by atoms with E-state index in [4.69, 9.17) is 4.74 Å². The maximum absolute atomic E-state index is 12.7. The first-order valence-electron chi connectivity index (χ1n) is 8.93. The van der Waals surface area contributed by atoms with E-state index in [1.165, 1.54) is 11.8 Å². The Labute approximate surface area is 172 Å². The fourth-order valence-corrected chi connectivity index (χ4v) is 3.70. The molecule has 148 valence electrons. The van der Waals surface area contributed by atoms with Crippen LogP contribution in [0.2, 0.25) is 0 Å². The van der Waals surface area contributed by atoms with Crippen molar-refractivity contribution in [2.45, 2.75) is 10.1 Å². The van der Waals surface area contributed by atoms with Crippen molar-refractivity contribution in [2.24, 2.45) is 7.05 Å². The molecule has 6 nitrogen and oxygen atoms in total. The van der Waals surface area contributed by atoms with E-state index >= 15 is 0 Å². The standard InChI is InChI=1S/C22H20N2O4S/c1-24-14-8-13-18(24)21(26)23-19(25)15-28-22(27)20(16-9-4-2-5-10-16)29-17-11-6-3-7-12-17/h2-14,20H,15H2,1H3,(H,23,25,26)/t20-/m1/s1. The average Bonchev–Trinajstić information content (AvgIpc) is 3.17. The number of hydrogen-bond donors (Lipinski definition) is 1. The SMILES string of the molecule is Cn1cccc1C(=O)NC(=O)COC(=O)[C@H](Sc1ccccc1)c1ccccc1. The van der Waals surface area contributed by atoms with Gasteiger partial charge in [0.05, 0.1) is 0 Å². The number of carbonyl (C=O) groups excluding carboxylic acids is 3. The van der Waals surface area contributed by atoms with Gasteiger partial charge in [-0.25, -0.2) is 0 Å². The van der Waals surface area contributed by atoms with Gasteiger partial charge in [0, 0.05) is 18.1 Å². The van der Waals surface area contributed by atoms with Crippen molar-refractivity contribution in [1.29, 1.82) is 0 Å². The predicted molar refractivity (Wildman–Crippen MR) is 110 cm³/mol. The molecule has 0 saturated carbocycles. The van der Waals surface area contributed by atoms with E-state index < -0.39 is 29.6 Å². The van der Waals surface area contributed by atoms with Gasteiger partial charge in [-0.2, -0.15) is 0 Å². The summed E-state index contributed by atoms with van der Waals surface area (Å²) in [6, 6.07) is 22.0. The van der Waals surface area contributed by atoms with Crippen LogP contribution in [-0.2, 0) is 21.4 Å². The Morgan fingerprint density at radius 2 is 1.62 bits per heavy atom. The summed E-state index contributed by atoms with van der Waals surface area (Å²) in [5.41, 5.74) is 1.11. The van der Waals surface area contributed by atoms with Crippen LogP contribution >= 0.6 is 11.8 Å². The van der Waals surface area contributed by atoms with E-state index in [1.807, 2.05) is 60.7 Å². The Morgan fingerprint density at radius 1 is 0.966 bits per heavy atom. The van der Waals surface area contributed by atoms with Gasteiger partial charge in [0.2, 0.25) is 0 Å². The molecule has 7 heteroatoms. The summed E-state index contributed by atoms with van der Waals surface area (Å²) >= 11 is 1.34. The zero-order valence-corrected chi connectivity index (χ0v) is 16.6. The fourth-order valence-electron chi connectivity index (χ4n) is 2.65. The van der Waals surface area contributed by atoms with E-state index in [0.29, 0.717) is 5.69 Å². The topological polar surface area (TPSA) is 77.4 Å². The number of nitrogens with one attached hydrogen (secondary N) is 1. The van der Waals surface area contributed by atoms with Crippen molar-refractivity contribution in [3.05, 3.63) is 90.3 Å². The highest BCUT2D eigenvalue weighted by Gasteiger charge is 2.24. The molecule has 0 aliphatic carbocycles. The van der Waals surface area contributed by atoms with Gasteiger partial charge in [0.1, 0.15) is 10.9 Å². The van der Waals surface area contributed by atoms with Crippen molar-refractivity contribution >= 4 is 29.5 Å². The number of carbonyl (C=O) groups is 3. The van der Waals surface area contributed by atoms with Crippen molar-refractivity contribution in [2.75, 3.05) is 6.61 Å². The van der Waals surface area contributed by atoms with E-state index in [2.05, 4.69) is 5.32 Å². The van der Waals surface area contributed by atoms with Gasteiger partial charge in [-0.1, -0.05) is 48.5 Å². The van der Waals surface area contributed by atoms with E-state index in [-0.39, 0.29) is 0 Å². The average molecular weight is 408 g/mol. The number of hydrogen-bond acceptors (Lipinski definition) is 5. The summed E-state index contributed by atoms with van der Waals surface area (Å²) in [5.74, 6) is -1.77. The molecule has 0 radical (unpaired) electrons. The second-order valence-electron chi connectivity index (χ2n) is 6.21. The van der Waals surface area contributed by atoms with Gasteiger partial charge in [0.15, 0.2) is 6.61 Å². The minimum Gasteiger partial charge on any atom is -0.454 e. The summed E-state index contributed by atoms with van der Waals surface area (Å²) in [6.07, 6.45) is 1.70. The molecule has 1 heterocycles. The number of aryl methyl sites for hydroxylation is 1. The van der Waals surface area contributed by atoms with Crippen LogP contribution in [-0.4, -0.2) is 29.0 Å². The Morgan fingerprint density at radius 3 is 2.24 bits per heavy atom. The molecule has 2 amide bonds. The van der Waals surface area contributed by atoms with Crippen molar-refractivity contribution in [3.63, 3.8) is 0 Å². The quantitative estimate of drug-likeness (QED) is 0.479. The van der Waals surface area contributed by atoms with Gasteiger partial charge in [-0.3, -0.25) is 19.7 Å². The molecule has 0 bridgehead atoms. The number of nitrogens with zero attached hydrogens (tertiary/aromatic N) is 1. The first-order chi connectivity index (χ1) is 14.0. The second-order valence-corrected chi connectivity index (χ2v) is 7.39. The molecule has 0 aliphatic rings. The lowest BCUT2D eigenvalue weighted by atomic mass is 10.1. The summed E-state index contributed by atoms with van der Waals surface area (Å²) in [5, 5.41) is 1.59. The van der Waals surface area contributed by atoms with Gasteiger partial charge in [-0.15, -0.1) is 11.8 Å². The van der Waals surface area contributed by atoms with Crippen molar-refractivity contribution in [1.82, 2.24) is 9.88 Å². The van der Waals surface area contributed by atoms with Crippen molar-refractivity contribution < 1.29 is 19.1 Å². The molecule has 3 rings (SSSR count). The minimum atomic E-state index is -0.680. The van der Waals surface area contributed by atoms with Crippen LogP contribution < -0.4 is 5.32 Å². The van der Waals surface area contributed by atoms with Gasteiger partial charge >= 0.3 is 5.97 Å². The molecule has 2 aromatic carbocycles. The number of esters is 1. The fraction of sp³-hybridized carbons (Fsp3) is 0.136. The van der Waals surface area contributed by atoms with E-state index in [0.717, 1.165) is 10.5 Å². The second kappa shape index (κ2) is 9.75. The minimum absolute atomic E-state index is 0.339. The molecule has 1 atom stereocenters. The lowest BCUT2D eigenvalue weighted by Gasteiger charge is -2.16. The first kappa shape index (κ1) is 20.4. The number of imide groups is 1.